The van der Waals surface area contributed by atoms with E-state index in [9.17, 15) is 13.6 Å². The lowest BCUT2D eigenvalue weighted by Gasteiger charge is -2.09. The summed E-state index contributed by atoms with van der Waals surface area (Å²) < 4.78 is 29.7. The number of carbonyl (C=O) groups is 1. The number of nitrogens with zero attached hydrogens (tertiary/aromatic N) is 1. The molecule has 76 valence electrons. The fraction of sp³-hybridized carbons (Fsp3) is 0.333. The molecule has 5 heteroatoms. The van der Waals surface area contributed by atoms with Crippen molar-refractivity contribution in [1.29, 1.82) is 0 Å². The third kappa shape index (κ3) is 1.86. The zero-order chi connectivity index (χ0) is 10.7. The van der Waals surface area contributed by atoms with Gasteiger partial charge in [-0.2, -0.15) is 0 Å². The molecule has 1 rings (SSSR count). The van der Waals surface area contributed by atoms with Gasteiger partial charge in [-0.1, -0.05) is 0 Å². The van der Waals surface area contributed by atoms with E-state index in [4.69, 9.17) is 0 Å². The van der Waals surface area contributed by atoms with Crippen LogP contribution in [0.2, 0.25) is 0 Å². The van der Waals surface area contributed by atoms with Gasteiger partial charge < -0.3 is 4.74 Å². The van der Waals surface area contributed by atoms with Gasteiger partial charge in [0.2, 0.25) is 5.88 Å². The standard InChI is InChI=1S/C9H9F2NO2/c1-5-3-6(4-13)7(8(10)11)9(12-5)14-2/h3-4,8H,1-2H3. The molecule has 0 aliphatic carbocycles. The predicted molar refractivity (Wildman–Crippen MR) is 45.9 cm³/mol. The van der Waals surface area contributed by atoms with E-state index in [1.54, 1.807) is 6.92 Å². The largest absolute Gasteiger partial charge is 0.481 e. The van der Waals surface area contributed by atoms with Gasteiger partial charge in [0.1, 0.15) is 0 Å². The van der Waals surface area contributed by atoms with E-state index in [1.165, 1.54) is 13.2 Å². The Kier molecular flexibility index (Phi) is 3.11. The normalized spacial score (nSPS) is 10.4. The molecule has 3 nitrogen and oxygen atoms in total. The van der Waals surface area contributed by atoms with Crippen molar-refractivity contribution in [3.05, 3.63) is 22.9 Å². The lowest BCUT2D eigenvalue weighted by atomic mass is 10.1. The average molecular weight is 201 g/mol. The molecule has 0 amide bonds. The van der Waals surface area contributed by atoms with E-state index in [0.717, 1.165) is 0 Å². The van der Waals surface area contributed by atoms with Crippen molar-refractivity contribution in [2.24, 2.45) is 0 Å². The van der Waals surface area contributed by atoms with Gasteiger partial charge in [-0.05, 0) is 13.0 Å². The number of rotatable bonds is 3. The summed E-state index contributed by atoms with van der Waals surface area (Å²) in [6, 6.07) is 1.30. The van der Waals surface area contributed by atoms with Gasteiger partial charge in [0.05, 0.1) is 12.7 Å². The number of hydrogen-bond acceptors (Lipinski definition) is 3. The van der Waals surface area contributed by atoms with Gasteiger partial charge in [0.15, 0.2) is 6.29 Å². The Hall–Kier alpha value is -1.52. The molecule has 0 unspecified atom stereocenters. The van der Waals surface area contributed by atoms with Gasteiger partial charge in [0.25, 0.3) is 6.43 Å². The molecule has 0 saturated carbocycles. The second-order valence-electron chi connectivity index (χ2n) is 2.69. The summed E-state index contributed by atoms with van der Waals surface area (Å²) in [4.78, 5) is 14.3. The minimum absolute atomic E-state index is 0.0793. The first-order chi connectivity index (χ1) is 6.60. The number of alkyl halides is 2. The molecule has 1 heterocycles. The maximum Gasteiger partial charge on any atom is 0.269 e. The molecule has 0 atom stereocenters. The van der Waals surface area contributed by atoms with Gasteiger partial charge in [-0.3, -0.25) is 4.79 Å². The van der Waals surface area contributed by atoms with Crippen molar-refractivity contribution in [2.75, 3.05) is 7.11 Å². The van der Waals surface area contributed by atoms with Crippen LogP contribution in [0, 0.1) is 6.92 Å². The van der Waals surface area contributed by atoms with Crippen molar-refractivity contribution in [2.45, 2.75) is 13.3 Å². The van der Waals surface area contributed by atoms with Crippen LogP contribution in [0.4, 0.5) is 8.78 Å². The third-order valence-corrected chi connectivity index (χ3v) is 1.72. The molecule has 0 aromatic carbocycles. The Labute approximate surface area is 79.7 Å². The number of ether oxygens (including phenoxy) is 1. The maximum absolute atomic E-state index is 12.5. The quantitative estimate of drug-likeness (QED) is 0.703. The molecule has 0 radical (unpaired) electrons. The lowest BCUT2D eigenvalue weighted by Crippen LogP contribution is -2.02. The predicted octanol–water partition coefficient (Wildman–Crippen LogP) is 2.15. The van der Waals surface area contributed by atoms with E-state index >= 15 is 0 Å². The minimum atomic E-state index is -2.77. The summed E-state index contributed by atoms with van der Waals surface area (Å²) in [6.07, 6.45) is -2.39. The van der Waals surface area contributed by atoms with E-state index in [0.29, 0.717) is 12.0 Å². The molecule has 1 aromatic heterocycles. The van der Waals surface area contributed by atoms with Crippen molar-refractivity contribution in [3.8, 4) is 5.88 Å². The molecule has 1 aromatic rings. The summed E-state index contributed by atoms with van der Waals surface area (Å²) in [5.74, 6) is -0.192. The average Bonchev–Trinajstić information content (AvgIpc) is 2.15. The number of halogens is 2. The molecule has 0 bridgehead atoms. The Morgan fingerprint density at radius 2 is 2.21 bits per heavy atom. The van der Waals surface area contributed by atoms with Crippen LogP contribution in [0.3, 0.4) is 0 Å². The Morgan fingerprint density at radius 3 is 2.64 bits per heavy atom. The first kappa shape index (κ1) is 10.6. The molecule has 0 aliphatic heterocycles. The number of hydrogen-bond donors (Lipinski definition) is 0. The lowest BCUT2D eigenvalue weighted by molar-refractivity contribution is 0.110. The van der Waals surface area contributed by atoms with Crippen molar-refractivity contribution >= 4 is 6.29 Å². The Bertz CT molecular complexity index is 353. The second kappa shape index (κ2) is 4.13. The Balaban J connectivity index is 3.40. The number of aldehydes is 1. The van der Waals surface area contributed by atoms with Crippen LogP contribution in [0.5, 0.6) is 5.88 Å². The van der Waals surface area contributed by atoms with E-state index in [-0.39, 0.29) is 11.4 Å². The second-order valence-corrected chi connectivity index (χ2v) is 2.69. The summed E-state index contributed by atoms with van der Waals surface area (Å²) in [5, 5.41) is 0. The molecule has 0 spiro atoms. The monoisotopic (exact) mass is 201 g/mol. The number of aromatic nitrogens is 1. The highest BCUT2D eigenvalue weighted by Crippen LogP contribution is 2.30. The van der Waals surface area contributed by atoms with Crippen LogP contribution in [0.1, 0.15) is 28.0 Å². The van der Waals surface area contributed by atoms with Gasteiger partial charge in [-0.25, -0.2) is 13.8 Å². The zero-order valence-corrected chi connectivity index (χ0v) is 7.75. The van der Waals surface area contributed by atoms with Crippen molar-refractivity contribution < 1.29 is 18.3 Å². The van der Waals surface area contributed by atoms with Crippen LogP contribution >= 0.6 is 0 Å². The highest BCUT2D eigenvalue weighted by Gasteiger charge is 2.20. The summed E-state index contributed by atoms with van der Waals surface area (Å²) in [6.45, 7) is 1.60. The van der Waals surface area contributed by atoms with Crippen LogP contribution in [-0.2, 0) is 0 Å². The molecule has 14 heavy (non-hydrogen) atoms. The van der Waals surface area contributed by atoms with Crippen LogP contribution in [0.25, 0.3) is 0 Å². The summed E-state index contributed by atoms with van der Waals surface area (Å²) in [5.41, 5.74) is -0.0641. The van der Waals surface area contributed by atoms with Gasteiger partial charge in [0, 0.05) is 11.3 Å². The fourth-order valence-corrected chi connectivity index (χ4v) is 1.15. The molecule has 0 saturated heterocycles. The van der Waals surface area contributed by atoms with Crippen molar-refractivity contribution in [3.63, 3.8) is 0 Å². The van der Waals surface area contributed by atoms with Crippen molar-refractivity contribution in [1.82, 2.24) is 4.98 Å². The summed E-state index contributed by atoms with van der Waals surface area (Å²) >= 11 is 0. The van der Waals surface area contributed by atoms with E-state index < -0.39 is 12.0 Å². The SMILES string of the molecule is COc1nc(C)cc(C=O)c1C(F)F. The minimum Gasteiger partial charge on any atom is -0.481 e. The zero-order valence-electron chi connectivity index (χ0n) is 7.75. The van der Waals surface area contributed by atoms with Crippen LogP contribution < -0.4 is 4.74 Å². The van der Waals surface area contributed by atoms with E-state index in [2.05, 4.69) is 9.72 Å². The number of carbonyl (C=O) groups excluding carboxylic acids is 1. The van der Waals surface area contributed by atoms with Crippen LogP contribution in [0.15, 0.2) is 6.07 Å². The Morgan fingerprint density at radius 1 is 1.57 bits per heavy atom. The highest BCUT2D eigenvalue weighted by atomic mass is 19.3. The van der Waals surface area contributed by atoms with Gasteiger partial charge >= 0.3 is 0 Å². The number of aryl methyl sites for hydroxylation is 1. The van der Waals surface area contributed by atoms with Gasteiger partial charge in [-0.15, -0.1) is 0 Å². The maximum atomic E-state index is 12.5. The van der Waals surface area contributed by atoms with E-state index in [1.807, 2.05) is 0 Å². The third-order valence-electron chi connectivity index (χ3n) is 1.72. The smallest absolute Gasteiger partial charge is 0.269 e. The fourth-order valence-electron chi connectivity index (χ4n) is 1.15. The number of pyridine rings is 1. The first-order valence-electron chi connectivity index (χ1n) is 3.89. The molecule has 0 aliphatic rings. The first-order valence-corrected chi connectivity index (χ1v) is 3.89. The topological polar surface area (TPSA) is 39.2 Å². The number of methoxy groups -OCH3 is 1. The molecular weight excluding hydrogens is 192 g/mol. The van der Waals surface area contributed by atoms with Crippen LogP contribution in [-0.4, -0.2) is 18.4 Å². The molecular formula is C9H9F2NO2. The summed E-state index contributed by atoms with van der Waals surface area (Å²) in [7, 11) is 1.24. The highest BCUT2D eigenvalue weighted by molar-refractivity contribution is 5.78. The molecule has 0 N–H and O–H groups in total. The molecule has 0 fully saturated rings.